The first-order valence-electron chi connectivity index (χ1n) is 12.1. The molecule has 3 aromatic rings. The summed E-state index contributed by atoms with van der Waals surface area (Å²) in [7, 11) is 0. The van der Waals surface area contributed by atoms with Crippen LogP contribution in [0, 0.1) is 11.8 Å². The average molecular weight is 504 g/mol. The molecule has 1 fully saturated rings. The number of rotatable bonds is 0. The van der Waals surface area contributed by atoms with Crippen LogP contribution >= 0.6 is 11.8 Å². The van der Waals surface area contributed by atoms with Crippen LogP contribution in [0.25, 0.3) is 0 Å². The Labute approximate surface area is 214 Å². The van der Waals surface area contributed by atoms with Crippen molar-refractivity contribution in [2.24, 2.45) is 11.8 Å². The molecule has 36 heavy (non-hydrogen) atoms. The lowest BCUT2D eigenvalue weighted by molar-refractivity contribution is 0.0671. The van der Waals surface area contributed by atoms with Crippen molar-refractivity contribution in [3.63, 3.8) is 0 Å². The number of aromatic hydroxyl groups is 1. The largest absolute Gasteiger partial charge is 0.502 e. The number of thioether (sulfide) groups is 1. The number of benzene rings is 2. The molecule has 3 atom stereocenters. The highest BCUT2D eigenvalue weighted by atomic mass is 32.2. The van der Waals surface area contributed by atoms with Gasteiger partial charge in [0, 0.05) is 35.0 Å². The normalized spacial score (nSPS) is 23.8. The Morgan fingerprint density at radius 3 is 2.78 bits per heavy atom. The third kappa shape index (κ3) is 3.50. The molecule has 7 rings (SSSR count). The van der Waals surface area contributed by atoms with Crippen LogP contribution in [-0.4, -0.2) is 40.4 Å². The van der Waals surface area contributed by atoms with Crippen LogP contribution in [0.4, 0.5) is 0 Å². The zero-order valence-corrected chi connectivity index (χ0v) is 19.9. The number of hydrogen-bond donors (Lipinski definition) is 1. The third-order valence-electron chi connectivity index (χ3n) is 7.75. The molecular formula is C28H29N3O4S. The van der Waals surface area contributed by atoms with E-state index in [2.05, 4.69) is 29.3 Å². The SMILES string of the molecule is C.O=C1c2c(O)c(=O)ccn2N2CN1CC[C@H]1C[C@H]1COc1cccc3c1[C@@H]2c1ccccc1SC3. The van der Waals surface area contributed by atoms with E-state index >= 15 is 0 Å². The molecule has 4 aliphatic rings. The minimum atomic E-state index is -0.545. The summed E-state index contributed by atoms with van der Waals surface area (Å²) in [6.07, 6.45) is 3.60. The summed E-state index contributed by atoms with van der Waals surface area (Å²) in [5, 5.41) is 12.9. The number of pyridine rings is 1. The van der Waals surface area contributed by atoms with Crippen LogP contribution in [0.3, 0.4) is 0 Å². The predicted molar refractivity (Wildman–Crippen MR) is 139 cm³/mol. The second kappa shape index (κ2) is 8.62. The molecule has 1 aliphatic carbocycles. The van der Waals surface area contributed by atoms with Crippen molar-refractivity contribution in [2.45, 2.75) is 37.0 Å². The van der Waals surface area contributed by atoms with Gasteiger partial charge >= 0.3 is 0 Å². The second-order valence-corrected chi connectivity index (χ2v) is 10.8. The zero-order valence-electron chi connectivity index (χ0n) is 19.1. The molecule has 0 unspecified atom stereocenters. The minimum absolute atomic E-state index is 0. The fourth-order valence-electron chi connectivity index (χ4n) is 5.76. The van der Waals surface area contributed by atoms with E-state index in [0.29, 0.717) is 31.7 Å². The van der Waals surface area contributed by atoms with E-state index in [0.717, 1.165) is 35.5 Å². The monoisotopic (exact) mass is 503 g/mol. The number of amides is 1. The molecule has 1 amide bonds. The lowest BCUT2D eigenvalue weighted by atomic mass is 9.93. The van der Waals surface area contributed by atoms with E-state index in [1.165, 1.54) is 16.5 Å². The number of fused-ring (bicyclic) bond motifs is 8. The number of hydrogen-bond acceptors (Lipinski definition) is 6. The Hall–Kier alpha value is -3.39. The summed E-state index contributed by atoms with van der Waals surface area (Å²) in [5.74, 6) is 1.90. The topological polar surface area (TPSA) is 75.0 Å². The van der Waals surface area contributed by atoms with E-state index < -0.39 is 11.2 Å². The molecule has 0 spiro atoms. The predicted octanol–water partition coefficient (Wildman–Crippen LogP) is 4.36. The summed E-state index contributed by atoms with van der Waals surface area (Å²) in [6, 6.07) is 15.7. The van der Waals surface area contributed by atoms with Gasteiger partial charge in [-0.25, -0.2) is 0 Å². The number of aromatic nitrogens is 1. The molecule has 8 heteroatoms. The molecule has 1 saturated carbocycles. The van der Waals surface area contributed by atoms with Gasteiger partial charge in [-0.3, -0.25) is 19.3 Å². The zero-order chi connectivity index (χ0) is 23.7. The van der Waals surface area contributed by atoms with Gasteiger partial charge in [-0.1, -0.05) is 37.8 Å². The van der Waals surface area contributed by atoms with E-state index in [4.69, 9.17) is 4.74 Å². The highest BCUT2D eigenvalue weighted by molar-refractivity contribution is 7.98. The lowest BCUT2D eigenvalue weighted by Gasteiger charge is -2.44. The minimum Gasteiger partial charge on any atom is -0.502 e. The molecule has 1 aromatic heterocycles. The lowest BCUT2D eigenvalue weighted by Crippen LogP contribution is -2.55. The molecule has 3 aliphatic heterocycles. The van der Waals surface area contributed by atoms with Gasteiger partial charge in [0.2, 0.25) is 5.43 Å². The van der Waals surface area contributed by atoms with Crippen molar-refractivity contribution in [1.82, 2.24) is 9.58 Å². The van der Waals surface area contributed by atoms with Crippen molar-refractivity contribution in [3.05, 3.63) is 87.3 Å². The molecule has 1 N–H and O–H groups in total. The molecule has 7 nitrogen and oxygen atoms in total. The van der Waals surface area contributed by atoms with Crippen molar-refractivity contribution in [1.29, 1.82) is 0 Å². The van der Waals surface area contributed by atoms with E-state index in [1.54, 1.807) is 27.5 Å². The smallest absolute Gasteiger partial charge is 0.277 e. The molecule has 2 bridgehead atoms. The maximum absolute atomic E-state index is 13.5. The Morgan fingerprint density at radius 2 is 1.89 bits per heavy atom. The quantitative estimate of drug-likeness (QED) is 0.492. The summed E-state index contributed by atoms with van der Waals surface area (Å²) in [5.41, 5.74) is 2.88. The Kier molecular flexibility index (Phi) is 5.52. The van der Waals surface area contributed by atoms with Gasteiger partial charge in [0.1, 0.15) is 18.5 Å². The summed E-state index contributed by atoms with van der Waals surface area (Å²) in [6.45, 7) is 1.61. The standard InChI is InChI=1S/C27H25N3O4S.CH4/c31-20-9-11-29-25(26(20)32)27(33)28-10-8-16-12-18(16)13-34-21-6-3-4-17-14-35-22-7-2-1-5-19(22)24(23(17)21)30(29)15-28;/h1-7,9,11,16,18,24,32H,8,10,12-15H2;1H4/t16-,18-,24-;/m0./s1. The fraction of sp³-hybridized carbons (Fsp3) is 0.357. The number of nitrogens with zero attached hydrogens (tertiary/aromatic N) is 3. The van der Waals surface area contributed by atoms with E-state index in [-0.39, 0.29) is 25.1 Å². The first-order chi connectivity index (χ1) is 17.1. The number of carbonyl (C=O) groups excluding carboxylic acids is 1. The number of ether oxygens (including phenoxy) is 1. The van der Waals surface area contributed by atoms with Gasteiger partial charge in [0.15, 0.2) is 11.4 Å². The molecule has 0 saturated heterocycles. The van der Waals surface area contributed by atoms with Crippen LogP contribution in [0.15, 0.2) is 64.4 Å². The summed E-state index contributed by atoms with van der Waals surface area (Å²) >= 11 is 1.80. The Bertz CT molecular complexity index is 1420. The van der Waals surface area contributed by atoms with Gasteiger partial charge in [-0.2, -0.15) is 0 Å². The van der Waals surface area contributed by atoms with Gasteiger partial charge in [-0.15, -0.1) is 11.8 Å². The number of carbonyl (C=O) groups is 1. The van der Waals surface area contributed by atoms with Crippen LogP contribution in [-0.2, 0) is 5.75 Å². The van der Waals surface area contributed by atoms with Crippen molar-refractivity contribution < 1.29 is 14.6 Å². The van der Waals surface area contributed by atoms with E-state index in [1.807, 2.05) is 18.2 Å². The van der Waals surface area contributed by atoms with Gasteiger partial charge in [-0.05, 0) is 47.9 Å². The molecule has 2 aromatic carbocycles. The van der Waals surface area contributed by atoms with Crippen molar-refractivity contribution in [3.8, 4) is 11.5 Å². The molecule has 4 heterocycles. The van der Waals surface area contributed by atoms with Crippen LogP contribution in [0.2, 0.25) is 0 Å². The molecule has 186 valence electrons. The van der Waals surface area contributed by atoms with E-state index in [9.17, 15) is 14.7 Å². The van der Waals surface area contributed by atoms with Crippen LogP contribution in [0.5, 0.6) is 11.5 Å². The Balaban J connectivity index is 0.00000240. The van der Waals surface area contributed by atoms with Crippen LogP contribution < -0.4 is 15.2 Å². The second-order valence-electron chi connectivity index (χ2n) is 9.78. The average Bonchev–Trinajstić information content (AvgIpc) is 3.65. The third-order valence-corrected chi connectivity index (χ3v) is 8.89. The van der Waals surface area contributed by atoms with Crippen molar-refractivity contribution >= 4 is 17.7 Å². The summed E-state index contributed by atoms with van der Waals surface area (Å²) < 4.78 is 8.18. The Morgan fingerprint density at radius 1 is 1.03 bits per heavy atom. The highest BCUT2D eigenvalue weighted by Crippen LogP contribution is 2.48. The van der Waals surface area contributed by atoms with Gasteiger partial charge in [0.05, 0.1) is 6.61 Å². The van der Waals surface area contributed by atoms with Gasteiger partial charge < -0.3 is 14.7 Å². The van der Waals surface area contributed by atoms with Gasteiger partial charge in [0.25, 0.3) is 5.91 Å². The molecular weight excluding hydrogens is 474 g/mol. The maximum Gasteiger partial charge on any atom is 0.277 e. The molecule has 0 radical (unpaired) electrons. The summed E-state index contributed by atoms with van der Waals surface area (Å²) in [4.78, 5) is 28.9. The first-order valence-corrected chi connectivity index (χ1v) is 13.1. The fourth-order valence-corrected chi connectivity index (χ4v) is 6.85. The van der Waals surface area contributed by atoms with Crippen molar-refractivity contribution in [2.75, 3.05) is 24.8 Å². The maximum atomic E-state index is 13.5. The first kappa shape index (κ1) is 23.0. The highest BCUT2D eigenvalue weighted by Gasteiger charge is 2.43. The van der Waals surface area contributed by atoms with Crippen LogP contribution in [0.1, 0.15) is 53.5 Å².